The Morgan fingerprint density at radius 3 is 2.20 bits per heavy atom. The molecule has 6 heteroatoms. The van der Waals surface area contributed by atoms with E-state index in [1.54, 1.807) is 4.90 Å². The molecule has 0 aromatic heterocycles. The third-order valence-corrected chi connectivity index (χ3v) is 4.52. The summed E-state index contributed by atoms with van der Waals surface area (Å²) in [5.41, 5.74) is 0.268. The van der Waals surface area contributed by atoms with Crippen molar-refractivity contribution in [1.82, 2.24) is 10.2 Å². The Balaban J connectivity index is 2.64. The van der Waals surface area contributed by atoms with Crippen molar-refractivity contribution in [2.45, 2.75) is 58.5 Å². The molecular weight excluding hydrogens is 320 g/mol. The van der Waals surface area contributed by atoms with Gasteiger partial charge in [-0.1, -0.05) is 44.2 Å². The third-order valence-electron chi connectivity index (χ3n) is 4.52. The van der Waals surface area contributed by atoms with Crippen LogP contribution in [-0.2, 0) is 20.9 Å². The molecule has 1 rings (SSSR count). The van der Waals surface area contributed by atoms with Crippen LogP contribution in [0.1, 0.15) is 52.0 Å². The molecule has 138 valence electrons. The van der Waals surface area contributed by atoms with E-state index in [2.05, 4.69) is 5.32 Å². The smallest absolute Gasteiger partial charge is 0.305 e. The molecule has 0 radical (unpaired) electrons. The minimum absolute atomic E-state index is 0.0977. The van der Waals surface area contributed by atoms with Gasteiger partial charge in [0.15, 0.2) is 0 Å². The standard InChI is InChI=1S/C19H28N2O4/c1-4-19(5-2,13-18(24)25)20-17(23)11-12-21(15(3)22)14-16-9-7-6-8-10-16/h6-10H,4-5,11-14H2,1-3H3,(H,20,23)(H,24,25). The van der Waals surface area contributed by atoms with E-state index in [1.165, 1.54) is 6.92 Å². The van der Waals surface area contributed by atoms with E-state index in [0.717, 1.165) is 5.56 Å². The minimum atomic E-state index is -0.932. The van der Waals surface area contributed by atoms with Crippen LogP contribution in [0.15, 0.2) is 30.3 Å². The molecular formula is C19H28N2O4. The van der Waals surface area contributed by atoms with Gasteiger partial charge < -0.3 is 15.3 Å². The van der Waals surface area contributed by atoms with Crippen LogP contribution >= 0.6 is 0 Å². The summed E-state index contributed by atoms with van der Waals surface area (Å²) in [6, 6.07) is 9.59. The van der Waals surface area contributed by atoms with Gasteiger partial charge in [0.1, 0.15) is 0 Å². The molecule has 0 aliphatic carbocycles. The monoisotopic (exact) mass is 348 g/mol. The lowest BCUT2D eigenvalue weighted by Gasteiger charge is -2.32. The summed E-state index contributed by atoms with van der Waals surface area (Å²) < 4.78 is 0. The van der Waals surface area contributed by atoms with Crippen LogP contribution in [-0.4, -0.2) is 39.9 Å². The molecule has 1 aromatic carbocycles. The van der Waals surface area contributed by atoms with Crippen molar-refractivity contribution >= 4 is 17.8 Å². The number of hydrogen-bond acceptors (Lipinski definition) is 3. The molecule has 0 saturated carbocycles. The third kappa shape index (κ3) is 6.95. The van der Waals surface area contributed by atoms with Crippen LogP contribution < -0.4 is 5.32 Å². The van der Waals surface area contributed by atoms with Gasteiger partial charge in [-0.2, -0.15) is 0 Å². The van der Waals surface area contributed by atoms with Crippen LogP contribution in [0.4, 0.5) is 0 Å². The number of nitrogens with zero attached hydrogens (tertiary/aromatic N) is 1. The summed E-state index contributed by atoms with van der Waals surface area (Å²) in [7, 11) is 0. The summed E-state index contributed by atoms with van der Waals surface area (Å²) in [6.07, 6.45) is 1.13. The molecule has 25 heavy (non-hydrogen) atoms. The lowest BCUT2D eigenvalue weighted by molar-refractivity contribution is -0.139. The maximum absolute atomic E-state index is 12.3. The van der Waals surface area contributed by atoms with Gasteiger partial charge in [-0.25, -0.2) is 0 Å². The number of hydrogen-bond donors (Lipinski definition) is 2. The highest BCUT2D eigenvalue weighted by atomic mass is 16.4. The first-order chi connectivity index (χ1) is 11.8. The van der Waals surface area contributed by atoms with Crippen LogP contribution in [0.25, 0.3) is 0 Å². The fourth-order valence-corrected chi connectivity index (χ4v) is 2.76. The summed E-state index contributed by atoms with van der Waals surface area (Å²) in [5.74, 6) is -1.26. The Labute approximate surface area is 149 Å². The number of carbonyl (C=O) groups is 3. The van der Waals surface area contributed by atoms with Gasteiger partial charge in [-0.05, 0) is 18.4 Å². The zero-order chi connectivity index (χ0) is 18.9. The summed E-state index contributed by atoms with van der Waals surface area (Å²) in [5, 5.41) is 11.9. The number of carboxylic acid groups (broad SMARTS) is 1. The van der Waals surface area contributed by atoms with Crippen LogP contribution in [0.3, 0.4) is 0 Å². The van der Waals surface area contributed by atoms with Gasteiger partial charge in [-0.3, -0.25) is 14.4 Å². The van der Waals surface area contributed by atoms with Crippen molar-refractivity contribution < 1.29 is 19.5 Å². The predicted molar refractivity (Wildman–Crippen MR) is 95.9 cm³/mol. The Hall–Kier alpha value is -2.37. The Kier molecular flexibility index (Phi) is 8.11. The van der Waals surface area contributed by atoms with Crippen LogP contribution in [0.5, 0.6) is 0 Å². The van der Waals surface area contributed by atoms with Gasteiger partial charge >= 0.3 is 5.97 Å². The van der Waals surface area contributed by atoms with E-state index in [1.807, 2.05) is 44.2 Å². The second kappa shape index (κ2) is 9.81. The van der Waals surface area contributed by atoms with Gasteiger partial charge in [0, 0.05) is 32.0 Å². The number of carboxylic acids is 1. The number of benzene rings is 1. The molecule has 0 saturated heterocycles. The molecule has 2 N–H and O–H groups in total. The molecule has 0 unspecified atom stereocenters. The fourth-order valence-electron chi connectivity index (χ4n) is 2.76. The first kappa shape index (κ1) is 20.7. The Bertz CT molecular complexity index is 582. The summed E-state index contributed by atoms with van der Waals surface area (Å²) >= 11 is 0. The second-order valence-corrected chi connectivity index (χ2v) is 6.28. The summed E-state index contributed by atoms with van der Waals surface area (Å²) in [6.45, 7) is 5.96. The molecule has 0 fully saturated rings. The average molecular weight is 348 g/mol. The van der Waals surface area contributed by atoms with Gasteiger partial charge in [0.05, 0.1) is 6.42 Å². The van der Waals surface area contributed by atoms with Crippen molar-refractivity contribution in [3.05, 3.63) is 35.9 Å². The maximum atomic E-state index is 12.3. The number of rotatable bonds is 10. The van der Waals surface area contributed by atoms with Crippen LogP contribution in [0, 0.1) is 0 Å². The molecule has 0 heterocycles. The molecule has 0 spiro atoms. The van der Waals surface area contributed by atoms with E-state index < -0.39 is 11.5 Å². The van der Waals surface area contributed by atoms with Crippen molar-refractivity contribution in [3.8, 4) is 0 Å². The SMILES string of the molecule is CCC(CC)(CC(=O)O)NC(=O)CCN(Cc1ccccc1)C(C)=O. The molecule has 0 bridgehead atoms. The summed E-state index contributed by atoms with van der Waals surface area (Å²) in [4.78, 5) is 36.8. The first-order valence-corrected chi connectivity index (χ1v) is 8.64. The number of carbonyl (C=O) groups excluding carboxylic acids is 2. The van der Waals surface area contributed by atoms with Gasteiger partial charge in [-0.15, -0.1) is 0 Å². The normalized spacial score (nSPS) is 11.0. The van der Waals surface area contributed by atoms with E-state index in [0.29, 0.717) is 25.9 Å². The predicted octanol–water partition coefficient (Wildman–Crippen LogP) is 2.57. The first-order valence-electron chi connectivity index (χ1n) is 8.64. The highest BCUT2D eigenvalue weighted by Crippen LogP contribution is 2.20. The molecule has 2 amide bonds. The van der Waals surface area contributed by atoms with Crippen molar-refractivity contribution in [1.29, 1.82) is 0 Å². The van der Waals surface area contributed by atoms with E-state index in [-0.39, 0.29) is 24.7 Å². The Morgan fingerprint density at radius 2 is 1.72 bits per heavy atom. The largest absolute Gasteiger partial charge is 0.481 e. The molecule has 0 aliphatic rings. The van der Waals surface area contributed by atoms with Gasteiger partial charge in [0.2, 0.25) is 11.8 Å². The number of aliphatic carboxylic acids is 1. The van der Waals surface area contributed by atoms with E-state index >= 15 is 0 Å². The van der Waals surface area contributed by atoms with Gasteiger partial charge in [0.25, 0.3) is 0 Å². The zero-order valence-corrected chi connectivity index (χ0v) is 15.2. The fraction of sp³-hybridized carbons (Fsp3) is 0.526. The van der Waals surface area contributed by atoms with E-state index in [9.17, 15) is 14.4 Å². The second-order valence-electron chi connectivity index (χ2n) is 6.28. The highest BCUT2D eigenvalue weighted by Gasteiger charge is 2.30. The number of nitrogens with one attached hydrogen (secondary N) is 1. The van der Waals surface area contributed by atoms with Crippen molar-refractivity contribution in [2.24, 2.45) is 0 Å². The molecule has 1 aromatic rings. The average Bonchev–Trinajstić information content (AvgIpc) is 2.58. The van der Waals surface area contributed by atoms with Crippen molar-refractivity contribution in [3.63, 3.8) is 0 Å². The zero-order valence-electron chi connectivity index (χ0n) is 15.2. The highest BCUT2D eigenvalue weighted by molar-refractivity contribution is 5.79. The molecule has 0 atom stereocenters. The lowest BCUT2D eigenvalue weighted by Crippen LogP contribution is -2.49. The lowest BCUT2D eigenvalue weighted by atomic mass is 9.89. The number of amides is 2. The maximum Gasteiger partial charge on any atom is 0.305 e. The topological polar surface area (TPSA) is 86.7 Å². The Morgan fingerprint density at radius 1 is 1.12 bits per heavy atom. The molecule has 6 nitrogen and oxygen atoms in total. The molecule has 0 aliphatic heterocycles. The van der Waals surface area contributed by atoms with E-state index in [4.69, 9.17) is 5.11 Å². The minimum Gasteiger partial charge on any atom is -0.481 e. The van der Waals surface area contributed by atoms with Crippen LogP contribution in [0.2, 0.25) is 0 Å². The van der Waals surface area contributed by atoms with Crippen molar-refractivity contribution in [2.75, 3.05) is 6.54 Å². The quantitative estimate of drug-likeness (QED) is 0.680.